The van der Waals surface area contributed by atoms with Crippen LogP contribution in [0.25, 0.3) is 5.57 Å². The zero-order chi connectivity index (χ0) is 17.9. The molecular weight excluding hydrogens is 349 g/mol. The number of aromatic nitrogens is 2. The van der Waals surface area contributed by atoms with Crippen LogP contribution in [0.2, 0.25) is 0 Å². The molecule has 2 heterocycles. The molecule has 0 fully saturated rings. The standard InChI is InChI=1S/C20H16FN3OS/c1-14-2-8-17(9-3-14)26-24-20(19-10-11-22-13-23-19)18(12-25-24)15-4-6-16(21)7-5-15/h2-13,20H,1H3. The highest BCUT2D eigenvalue weighted by Crippen LogP contribution is 2.44. The molecule has 0 saturated heterocycles. The van der Waals surface area contributed by atoms with Crippen molar-refractivity contribution in [2.45, 2.75) is 17.9 Å². The van der Waals surface area contributed by atoms with Gasteiger partial charge >= 0.3 is 0 Å². The lowest BCUT2D eigenvalue weighted by molar-refractivity contribution is -0.00187. The summed E-state index contributed by atoms with van der Waals surface area (Å²) in [7, 11) is 0. The third-order valence-corrected chi connectivity index (χ3v) is 5.03. The van der Waals surface area contributed by atoms with E-state index in [4.69, 9.17) is 4.84 Å². The minimum absolute atomic E-state index is 0.227. The monoisotopic (exact) mass is 365 g/mol. The molecule has 0 aliphatic carbocycles. The van der Waals surface area contributed by atoms with E-state index in [-0.39, 0.29) is 11.9 Å². The smallest absolute Gasteiger partial charge is 0.129 e. The first-order valence-corrected chi connectivity index (χ1v) is 8.90. The lowest BCUT2D eigenvalue weighted by atomic mass is 9.98. The van der Waals surface area contributed by atoms with Gasteiger partial charge in [-0.1, -0.05) is 34.3 Å². The van der Waals surface area contributed by atoms with Crippen LogP contribution in [-0.2, 0) is 4.84 Å². The Bertz CT molecular complexity index is 914. The van der Waals surface area contributed by atoms with E-state index < -0.39 is 0 Å². The van der Waals surface area contributed by atoms with Crippen LogP contribution in [0.4, 0.5) is 4.39 Å². The number of hydrogen-bond donors (Lipinski definition) is 0. The van der Waals surface area contributed by atoms with Crippen molar-refractivity contribution in [3.05, 3.63) is 96.0 Å². The summed E-state index contributed by atoms with van der Waals surface area (Å²) in [4.78, 5) is 15.3. The second-order valence-electron chi connectivity index (χ2n) is 5.91. The van der Waals surface area contributed by atoms with Crippen molar-refractivity contribution in [3.8, 4) is 0 Å². The van der Waals surface area contributed by atoms with Crippen LogP contribution in [0.1, 0.15) is 22.9 Å². The van der Waals surface area contributed by atoms with Gasteiger partial charge in [-0.25, -0.2) is 14.4 Å². The number of hydroxylamine groups is 1. The fourth-order valence-electron chi connectivity index (χ4n) is 2.72. The molecule has 0 radical (unpaired) electrons. The Morgan fingerprint density at radius 1 is 1.04 bits per heavy atom. The Balaban J connectivity index is 1.67. The predicted octanol–water partition coefficient (Wildman–Crippen LogP) is 4.96. The summed E-state index contributed by atoms with van der Waals surface area (Å²) in [5, 5.41) is 0. The summed E-state index contributed by atoms with van der Waals surface area (Å²) in [6.45, 7) is 2.05. The Kier molecular flexibility index (Phi) is 4.69. The lowest BCUT2D eigenvalue weighted by Crippen LogP contribution is -2.18. The van der Waals surface area contributed by atoms with E-state index >= 15 is 0 Å². The molecule has 0 spiro atoms. The topological polar surface area (TPSA) is 38.2 Å². The van der Waals surface area contributed by atoms with Crippen LogP contribution in [0.5, 0.6) is 0 Å². The van der Waals surface area contributed by atoms with E-state index in [9.17, 15) is 4.39 Å². The first-order chi connectivity index (χ1) is 12.7. The number of halogens is 1. The average Bonchev–Trinajstić information content (AvgIpc) is 3.08. The Hall–Kier alpha value is -2.70. The van der Waals surface area contributed by atoms with Crippen molar-refractivity contribution in [1.29, 1.82) is 0 Å². The van der Waals surface area contributed by atoms with Gasteiger partial charge in [-0.3, -0.25) is 0 Å². The van der Waals surface area contributed by atoms with E-state index in [1.165, 1.54) is 36.0 Å². The quantitative estimate of drug-likeness (QED) is 0.611. The van der Waals surface area contributed by atoms with Gasteiger partial charge < -0.3 is 4.84 Å². The predicted molar refractivity (Wildman–Crippen MR) is 99.1 cm³/mol. The van der Waals surface area contributed by atoms with Gasteiger partial charge in [0.1, 0.15) is 24.4 Å². The van der Waals surface area contributed by atoms with E-state index in [2.05, 4.69) is 41.2 Å². The van der Waals surface area contributed by atoms with Crippen molar-refractivity contribution in [2.24, 2.45) is 0 Å². The molecule has 4 nitrogen and oxygen atoms in total. The first kappa shape index (κ1) is 16.8. The Morgan fingerprint density at radius 3 is 2.50 bits per heavy atom. The van der Waals surface area contributed by atoms with Crippen molar-refractivity contribution in [3.63, 3.8) is 0 Å². The van der Waals surface area contributed by atoms with Gasteiger partial charge in [0.2, 0.25) is 0 Å². The summed E-state index contributed by atoms with van der Waals surface area (Å²) in [6.07, 6.45) is 4.92. The van der Waals surface area contributed by atoms with Crippen LogP contribution < -0.4 is 0 Å². The van der Waals surface area contributed by atoms with Crippen molar-refractivity contribution in [2.75, 3.05) is 0 Å². The van der Waals surface area contributed by atoms with Gasteiger partial charge in [-0.15, -0.1) is 0 Å². The summed E-state index contributed by atoms with van der Waals surface area (Å²) in [5.74, 6) is -0.266. The van der Waals surface area contributed by atoms with Crippen LogP contribution >= 0.6 is 11.9 Å². The fourth-order valence-corrected chi connectivity index (χ4v) is 3.60. The fraction of sp³-hybridized carbons (Fsp3) is 0.100. The molecule has 0 saturated carbocycles. The molecule has 0 amide bonds. The number of benzene rings is 2. The minimum Gasteiger partial charge on any atom is -0.401 e. The van der Waals surface area contributed by atoms with Gasteiger partial charge in [0.25, 0.3) is 0 Å². The molecule has 1 aliphatic heterocycles. The van der Waals surface area contributed by atoms with Gasteiger partial charge in [-0.2, -0.15) is 0 Å². The van der Waals surface area contributed by atoms with E-state index in [1.54, 1.807) is 29.1 Å². The number of nitrogens with zero attached hydrogens (tertiary/aromatic N) is 3. The van der Waals surface area contributed by atoms with Crippen LogP contribution in [0.3, 0.4) is 0 Å². The molecule has 0 bridgehead atoms. The van der Waals surface area contributed by atoms with Gasteiger partial charge in [-0.05, 0) is 54.8 Å². The summed E-state index contributed by atoms with van der Waals surface area (Å²) < 4.78 is 15.1. The van der Waals surface area contributed by atoms with Crippen molar-refractivity contribution in [1.82, 2.24) is 14.4 Å². The molecule has 0 N–H and O–H groups in total. The molecule has 1 aliphatic rings. The van der Waals surface area contributed by atoms with E-state index in [0.717, 1.165) is 21.7 Å². The maximum atomic E-state index is 13.3. The zero-order valence-corrected chi connectivity index (χ0v) is 14.9. The molecule has 1 atom stereocenters. The van der Waals surface area contributed by atoms with Crippen LogP contribution in [0.15, 0.2) is 78.3 Å². The Labute approximate surface area is 155 Å². The second-order valence-corrected chi connectivity index (χ2v) is 6.93. The summed E-state index contributed by atoms with van der Waals surface area (Å²) >= 11 is 1.49. The Morgan fingerprint density at radius 2 is 1.81 bits per heavy atom. The maximum absolute atomic E-state index is 13.3. The maximum Gasteiger partial charge on any atom is 0.129 e. The van der Waals surface area contributed by atoms with E-state index in [1.807, 2.05) is 6.07 Å². The highest BCUT2D eigenvalue weighted by atomic mass is 32.2. The first-order valence-electron chi connectivity index (χ1n) is 8.13. The van der Waals surface area contributed by atoms with Crippen molar-refractivity contribution >= 4 is 17.5 Å². The molecule has 1 aromatic heterocycles. The molecule has 1 unspecified atom stereocenters. The molecule has 130 valence electrons. The molecule has 26 heavy (non-hydrogen) atoms. The zero-order valence-electron chi connectivity index (χ0n) is 14.0. The number of hydrogen-bond acceptors (Lipinski definition) is 5. The summed E-state index contributed by atoms with van der Waals surface area (Å²) in [6, 6.07) is 16.3. The highest BCUT2D eigenvalue weighted by Gasteiger charge is 2.34. The minimum atomic E-state index is -0.266. The summed E-state index contributed by atoms with van der Waals surface area (Å²) in [5.41, 5.74) is 3.83. The molecular formula is C20H16FN3OS. The van der Waals surface area contributed by atoms with Crippen LogP contribution in [0, 0.1) is 12.7 Å². The normalized spacial score (nSPS) is 17.0. The molecule has 6 heteroatoms. The van der Waals surface area contributed by atoms with Crippen molar-refractivity contribution < 1.29 is 9.23 Å². The molecule has 2 aromatic carbocycles. The average molecular weight is 365 g/mol. The third kappa shape index (κ3) is 3.47. The largest absolute Gasteiger partial charge is 0.401 e. The number of aryl methyl sites for hydroxylation is 1. The van der Waals surface area contributed by atoms with E-state index in [0.29, 0.717) is 0 Å². The van der Waals surface area contributed by atoms with Gasteiger partial charge in [0.15, 0.2) is 0 Å². The molecule has 4 rings (SSSR count). The third-order valence-electron chi connectivity index (χ3n) is 4.07. The lowest BCUT2D eigenvalue weighted by Gasteiger charge is -2.23. The SMILES string of the molecule is Cc1ccc(SN2OC=C(c3ccc(F)cc3)C2c2ccncn2)cc1. The molecule has 3 aromatic rings. The number of rotatable bonds is 4. The highest BCUT2D eigenvalue weighted by molar-refractivity contribution is 7.97. The van der Waals surface area contributed by atoms with Crippen LogP contribution in [-0.4, -0.2) is 14.4 Å². The van der Waals surface area contributed by atoms with Gasteiger partial charge in [0.05, 0.1) is 5.69 Å². The van der Waals surface area contributed by atoms with Gasteiger partial charge in [0, 0.05) is 16.7 Å². The second kappa shape index (κ2) is 7.27.